The van der Waals surface area contributed by atoms with Crippen LogP contribution in [0, 0.1) is 0 Å². The number of hydrogen-bond donors (Lipinski definition) is 1. The van der Waals surface area contributed by atoms with Gasteiger partial charge < -0.3 is 9.84 Å². The third kappa shape index (κ3) is 2.67. The minimum Gasteiger partial charge on any atom is -0.396 e. The quantitative estimate of drug-likeness (QED) is 0.603. The highest BCUT2D eigenvalue weighted by molar-refractivity contribution is 4.64. The Balaban J connectivity index is 1.91. The SMILES string of the molecule is OCCCCC1CCCO1. The smallest absolute Gasteiger partial charge is 0.0576 e. The van der Waals surface area contributed by atoms with Crippen molar-refractivity contribution in [3.63, 3.8) is 0 Å². The zero-order valence-electron chi connectivity index (χ0n) is 6.38. The highest BCUT2D eigenvalue weighted by atomic mass is 16.5. The van der Waals surface area contributed by atoms with Gasteiger partial charge in [-0.15, -0.1) is 0 Å². The van der Waals surface area contributed by atoms with Crippen LogP contribution in [0.3, 0.4) is 0 Å². The highest BCUT2D eigenvalue weighted by Crippen LogP contribution is 2.17. The summed E-state index contributed by atoms with van der Waals surface area (Å²) in [5.74, 6) is 0. The van der Waals surface area contributed by atoms with Gasteiger partial charge in [0, 0.05) is 13.2 Å². The molecule has 1 fully saturated rings. The molecule has 0 aliphatic carbocycles. The maximum Gasteiger partial charge on any atom is 0.0576 e. The van der Waals surface area contributed by atoms with E-state index in [1.165, 1.54) is 12.8 Å². The summed E-state index contributed by atoms with van der Waals surface area (Å²) in [5.41, 5.74) is 0. The predicted octanol–water partition coefficient (Wildman–Crippen LogP) is 1.33. The maximum absolute atomic E-state index is 8.50. The van der Waals surface area contributed by atoms with Gasteiger partial charge in [-0.3, -0.25) is 0 Å². The molecule has 0 amide bonds. The van der Waals surface area contributed by atoms with Gasteiger partial charge in [-0.25, -0.2) is 0 Å². The lowest BCUT2D eigenvalue weighted by molar-refractivity contribution is 0.100. The van der Waals surface area contributed by atoms with E-state index in [0.717, 1.165) is 25.9 Å². The van der Waals surface area contributed by atoms with Crippen LogP contribution in [0.25, 0.3) is 0 Å². The molecule has 0 bridgehead atoms. The molecule has 1 rings (SSSR count). The van der Waals surface area contributed by atoms with Crippen molar-refractivity contribution >= 4 is 0 Å². The van der Waals surface area contributed by atoms with Crippen LogP contribution in [0.1, 0.15) is 32.1 Å². The van der Waals surface area contributed by atoms with Crippen LogP contribution in [0.4, 0.5) is 0 Å². The van der Waals surface area contributed by atoms with Crippen LogP contribution in [0.15, 0.2) is 0 Å². The van der Waals surface area contributed by atoms with Gasteiger partial charge in [0.05, 0.1) is 6.10 Å². The molecule has 1 aliphatic rings. The predicted molar refractivity (Wildman–Crippen MR) is 39.9 cm³/mol. The molecule has 1 N–H and O–H groups in total. The molecule has 1 atom stereocenters. The van der Waals surface area contributed by atoms with Crippen LogP contribution >= 0.6 is 0 Å². The average Bonchev–Trinajstić information content (AvgIpc) is 2.41. The number of aliphatic hydroxyl groups excluding tert-OH is 1. The Bertz CT molecular complexity index is 77.3. The summed E-state index contributed by atoms with van der Waals surface area (Å²) < 4.78 is 5.42. The van der Waals surface area contributed by atoms with Gasteiger partial charge >= 0.3 is 0 Å². The molecule has 0 spiro atoms. The van der Waals surface area contributed by atoms with Crippen LogP contribution in [0.5, 0.6) is 0 Å². The van der Waals surface area contributed by atoms with E-state index in [-0.39, 0.29) is 0 Å². The van der Waals surface area contributed by atoms with Gasteiger partial charge in [0.25, 0.3) is 0 Å². The van der Waals surface area contributed by atoms with Gasteiger partial charge in [0.1, 0.15) is 0 Å². The van der Waals surface area contributed by atoms with E-state index in [4.69, 9.17) is 9.84 Å². The second-order valence-corrected chi connectivity index (χ2v) is 2.85. The Morgan fingerprint density at radius 1 is 1.40 bits per heavy atom. The standard InChI is InChI=1S/C8H16O2/c9-6-2-1-4-8-5-3-7-10-8/h8-9H,1-7H2. The Morgan fingerprint density at radius 3 is 2.90 bits per heavy atom. The van der Waals surface area contributed by atoms with Crippen molar-refractivity contribution in [2.24, 2.45) is 0 Å². The zero-order chi connectivity index (χ0) is 7.23. The molecule has 0 aromatic heterocycles. The molecule has 10 heavy (non-hydrogen) atoms. The fourth-order valence-electron chi connectivity index (χ4n) is 1.36. The highest BCUT2D eigenvalue weighted by Gasteiger charge is 2.13. The molecule has 2 nitrogen and oxygen atoms in total. The van der Waals surface area contributed by atoms with E-state index in [1.807, 2.05) is 0 Å². The molecular weight excluding hydrogens is 128 g/mol. The van der Waals surface area contributed by atoms with Crippen molar-refractivity contribution in [2.75, 3.05) is 13.2 Å². The van der Waals surface area contributed by atoms with Gasteiger partial charge in [-0.05, 0) is 32.1 Å². The molecule has 0 saturated carbocycles. The van der Waals surface area contributed by atoms with E-state index in [2.05, 4.69) is 0 Å². The lowest BCUT2D eigenvalue weighted by Crippen LogP contribution is -2.04. The fourth-order valence-corrected chi connectivity index (χ4v) is 1.36. The molecule has 1 saturated heterocycles. The monoisotopic (exact) mass is 144 g/mol. The first-order chi connectivity index (χ1) is 4.93. The second kappa shape index (κ2) is 4.69. The summed E-state index contributed by atoms with van der Waals surface area (Å²) in [6.45, 7) is 1.27. The van der Waals surface area contributed by atoms with Crippen molar-refractivity contribution in [2.45, 2.75) is 38.2 Å². The summed E-state index contributed by atoms with van der Waals surface area (Å²) in [4.78, 5) is 0. The molecule has 1 aliphatic heterocycles. The number of hydrogen-bond acceptors (Lipinski definition) is 2. The molecule has 0 aromatic rings. The Kier molecular flexibility index (Phi) is 3.76. The van der Waals surface area contributed by atoms with E-state index < -0.39 is 0 Å². The first-order valence-corrected chi connectivity index (χ1v) is 4.16. The topological polar surface area (TPSA) is 29.5 Å². The zero-order valence-corrected chi connectivity index (χ0v) is 6.38. The summed E-state index contributed by atoms with van der Waals surface area (Å²) in [6, 6.07) is 0. The average molecular weight is 144 g/mol. The van der Waals surface area contributed by atoms with E-state index in [0.29, 0.717) is 12.7 Å². The molecular formula is C8H16O2. The van der Waals surface area contributed by atoms with Crippen molar-refractivity contribution < 1.29 is 9.84 Å². The second-order valence-electron chi connectivity index (χ2n) is 2.85. The minimum absolute atomic E-state index is 0.326. The summed E-state index contributed by atoms with van der Waals surface area (Å²) in [7, 11) is 0. The third-order valence-corrected chi connectivity index (χ3v) is 1.96. The number of rotatable bonds is 4. The van der Waals surface area contributed by atoms with Gasteiger partial charge in [-0.2, -0.15) is 0 Å². The molecule has 2 heteroatoms. The van der Waals surface area contributed by atoms with Crippen molar-refractivity contribution in [1.29, 1.82) is 0 Å². The first-order valence-electron chi connectivity index (χ1n) is 4.16. The van der Waals surface area contributed by atoms with Crippen molar-refractivity contribution in [3.8, 4) is 0 Å². The fraction of sp³-hybridized carbons (Fsp3) is 1.00. The Labute approximate surface area is 62.2 Å². The van der Waals surface area contributed by atoms with Crippen LogP contribution < -0.4 is 0 Å². The normalized spacial score (nSPS) is 25.5. The largest absolute Gasteiger partial charge is 0.396 e. The van der Waals surface area contributed by atoms with E-state index in [1.54, 1.807) is 0 Å². The number of ether oxygens (including phenoxy) is 1. The van der Waals surface area contributed by atoms with Crippen LogP contribution in [0.2, 0.25) is 0 Å². The number of unbranched alkanes of at least 4 members (excludes halogenated alkanes) is 1. The third-order valence-electron chi connectivity index (χ3n) is 1.96. The van der Waals surface area contributed by atoms with Crippen LogP contribution in [-0.4, -0.2) is 24.4 Å². The molecule has 1 unspecified atom stereocenters. The van der Waals surface area contributed by atoms with Gasteiger partial charge in [0.15, 0.2) is 0 Å². The summed E-state index contributed by atoms with van der Waals surface area (Å²) in [6.07, 6.45) is 6.14. The minimum atomic E-state index is 0.326. The molecule has 1 heterocycles. The van der Waals surface area contributed by atoms with E-state index >= 15 is 0 Å². The lowest BCUT2D eigenvalue weighted by Gasteiger charge is -2.06. The van der Waals surface area contributed by atoms with Gasteiger partial charge in [-0.1, -0.05) is 0 Å². The lowest BCUT2D eigenvalue weighted by atomic mass is 10.1. The van der Waals surface area contributed by atoms with Crippen molar-refractivity contribution in [3.05, 3.63) is 0 Å². The molecule has 60 valence electrons. The summed E-state index contributed by atoms with van der Waals surface area (Å²) in [5, 5.41) is 8.50. The Hall–Kier alpha value is -0.0800. The van der Waals surface area contributed by atoms with Crippen molar-refractivity contribution in [1.82, 2.24) is 0 Å². The molecule has 0 aromatic carbocycles. The molecule has 0 radical (unpaired) electrons. The Morgan fingerprint density at radius 2 is 2.30 bits per heavy atom. The maximum atomic E-state index is 8.50. The van der Waals surface area contributed by atoms with Gasteiger partial charge in [0.2, 0.25) is 0 Å². The van der Waals surface area contributed by atoms with E-state index in [9.17, 15) is 0 Å². The number of aliphatic hydroxyl groups is 1. The van der Waals surface area contributed by atoms with Crippen LogP contribution in [-0.2, 0) is 4.74 Å². The first kappa shape index (κ1) is 8.02. The summed E-state index contributed by atoms with van der Waals surface area (Å²) >= 11 is 0.